The number of rotatable bonds is 3. The Balaban J connectivity index is 1.65. The van der Waals surface area contributed by atoms with E-state index < -0.39 is 0 Å². The molecule has 4 unspecified atom stereocenters. The molecule has 0 radical (unpaired) electrons. The van der Waals surface area contributed by atoms with Crippen LogP contribution in [0, 0.1) is 5.92 Å². The number of hydrogen-bond donors (Lipinski definition) is 0. The number of Topliss-reactive ketones (excluding diaryl/α,β-unsaturated/α-hetero) is 1. The zero-order valence-electron chi connectivity index (χ0n) is 10.5. The van der Waals surface area contributed by atoms with E-state index in [2.05, 4.69) is 31.2 Å². The summed E-state index contributed by atoms with van der Waals surface area (Å²) in [5.41, 5.74) is 1.34. The van der Waals surface area contributed by atoms with Crippen molar-refractivity contribution in [2.24, 2.45) is 5.92 Å². The van der Waals surface area contributed by atoms with E-state index in [0.29, 0.717) is 22.9 Å². The highest BCUT2D eigenvalue weighted by Gasteiger charge is 2.47. The molecule has 1 aromatic rings. The van der Waals surface area contributed by atoms with Gasteiger partial charge in [-0.05, 0) is 17.9 Å². The minimum absolute atomic E-state index is 0.238. The molecule has 1 heterocycles. The molecular weight excluding hydrogens is 260 g/mol. The number of hydrogen-bond acceptors (Lipinski definition) is 3. The van der Waals surface area contributed by atoms with Crippen LogP contribution in [0.5, 0.6) is 0 Å². The summed E-state index contributed by atoms with van der Waals surface area (Å²) in [5.74, 6) is 3.63. The lowest BCUT2D eigenvalue weighted by Crippen LogP contribution is -2.32. The van der Waals surface area contributed by atoms with Crippen molar-refractivity contribution in [2.75, 3.05) is 11.5 Å². The van der Waals surface area contributed by atoms with Crippen molar-refractivity contribution in [1.29, 1.82) is 0 Å². The maximum Gasteiger partial charge on any atom is 0.150 e. The molecule has 0 spiro atoms. The van der Waals surface area contributed by atoms with Gasteiger partial charge in [0.2, 0.25) is 0 Å². The minimum atomic E-state index is 0.238. The Morgan fingerprint density at radius 2 is 1.89 bits per heavy atom. The highest BCUT2D eigenvalue weighted by atomic mass is 32.2. The molecule has 96 valence electrons. The van der Waals surface area contributed by atoms with Crippen LogP contribution in [-0.4, -0.2) is 27.8 Å². The van der Waals surface area contributed by atoms with Crippen LogP contribution in [0.1, 0.15) is 24.8 Å². The van der Waals surface area contributed by atoms with Gasteiger partial charge in [-0.1, -0.05) is 37.3 Å². The van der Waals surface area contributed by atoms with Gasteiger partial charge in [0, 0.05) is 22.7 Å². The SMILES string of the molecule is CC1SCCSC1C(=O)C1CC1c1ccccc1. The lowest BCUT2D eigenvalue weighted by Gasteiger charge is -2.26. The predicted octanol–water partition coefficient (Wildman–Crippen LogP) is 3.60. The van der Waals surface area contributed by atoms with Gasteiger partial charge in [0.25, 0.3) is 0 Å². The fourth-order valence-corrected chi connectivity index (χ4v) is 5.52. The van der Waals surface area contributed by atoms with Gasteiger partial charge in [-0.15, -0.1) is 11.8 Å². The molecule has 0 aromatic heterocycles. The zero-order chi connectivity index (χ0) is 12.5. The quantitative estimate of drug-likeness (QED) is 0.841. The van der Waals surface area contributed by atoms with Crippen LogP contribution in [0.15, 0.2) is 30.3 Å². The Kier molecular flexibility index (Phi) is 3.71. The first-order valence-electron chi connectivity index (χ1n) is 6.59. The number of carbonyl (C=O) groups excluding carboxylic acids is 1. The van der Waals surface area contributed by atoms with Crippen molar-refractivity contribution < 1.29 is 4.79 Å². The molecule has 4 atom stereocenters. The molecule has 2 aliphatic rings. The Hall–Kier alpha value is -0.410. The summed E-state index contributed by atoms with van der Waals surface area (Å²) in [6.45, 7) is 2.21. The molecule has 1 aliphatic heterocycles. The lowest BCUT2D eigenvalue weighted by molar-refractivity contribution is -0.119. The molecule has 1 saturated carbocycles. The van der Waals surface area contributed by atoms with Crippen molar-refractivity contribution >= 4 is 29.3 Å². The molecule has 3 heteroatoms. The van der Waals surface area contributed by atoms with Gasteiger partial charge in [-0.25, -0.2) is 0 Å². The number of benzene rings is 1. The topological polar surface area (TPSA) is 17.1 Å². The largest absolute Gasteiger partial charge is 0.298 e. The average molecular weight is 278 g/mol. The summed E-state index contributed by atoms with van der Waals surface area (Å²) < 4.78 is 0. The maximum atomic E-state index is 12.5. The summed E-state index contributed by atoms with van der Waals surface area (Å²) >= 11 is 3.83. The van der Waals surface area contributed by atoms with E-state index in [1.807, 2.05) is 29.6 Å². The smallest absolute Gasteiger partial charge is 0.150 e. The van der Waals surface area contributed by atoms with Crippen LogP contribution in [0.25, 0.3) is 0 Å². The molecule has 1 aliphatic carbocycles. The van der Waals surface area contributed by atoms with E-state index in [0.717, 1.165) is 12.2 Å². The van der Waals surface area contributed by atoms with E-state index >= 15 is 0 Å². The molecule has 0 N–H and O–H groups in total. The van der Waals surface area contributed by atoms with E-state index in [-0.39, 0.29) is 5.25 Å². The van der Waals surface area contributed by atoms with Gasteiger partial charge >= 0.3 is 0 Å². The van der Waals surface area contributed by atoms with Crippen LogP contribution in [0.4, 0.5) is 0 Å². The third kappa shape index (κ3) is 2.48. The fourth-order valence-electron chi connectivity index (χ4n) is 2.73. The van der Waals surface area contributed by atoms with Gasteiger partial charge in [0.15, 0.2) is 5.78 Å². The summed E-state index contributed by atoms with van der Waals surface area (Å²) in [6, 6.07) is 10.5. The van der Waals surface area contributed by atoms with Crippen LogP contribution in [0.2, 0.25) is 0 Å². The van der Waals surface area contributed by atoms with Gasteiger partial charge in [0.1, 0.15) is 0 Å². The molecule has 3 rings (SSSR count). The second kappa shape index (κ2) is 5.30. The van der Waals surface area contributed by atoms with Gasteiger partial charge in [0.05, 0.1) is 5.25 Å². The van der Waals surface area contributed by atoms with Crippen LogP contribution >= 0.6 is 23.5 Å². The van der Waals surface area contributed by atoms with E-state index in [1.54, 1.807) is 0 Å². The van der Waals surface area contributed by atoms with Gasteiger partial charge in [-0.2, -0.15) is 11.8 Å². The monoisotopic (exact) mass is 278 g/mol. The maximum absolute atomic E-state index is 12.5. The Morgan fingerprint density at radius 1 is 1.17 bits per heavy atom. The van der Waals surface area contributed by atoms with Crippen molar-refractivity contribution in [3.05, 3.63) is 35.9 Å². The summed E-state index contributed by atoms with van der Waals surface area (Å²) in [4.78, 5) is 12.5. The molecule has 0 amide bonds. The van der Waals surface area contributed by atoms with Crippen LogP contribution in [0.3, 0.4) is 0 Å². The second-order valence-corrected chi connectivity index (χ2v) is 7.86. The van der Waals surface area contributed by atoms with Crippen molar-refractivity contribution in [3.8, 4) is 0 Å². The van der Waals surface area contributed by atoms with Gasteiger partial charge < -0.3 is 0 Å². The number of carbonyl (C=O) groups is 1. The molecule has 2 fully saturated rings. The first kappa shape index (κ1) is 12.6. The first-order chi connectivity index (χ1) is 8.77. The summed E-state index contributed by atoms with van der Waals surface area (Å²) in [5, 5.41) is 0.732. The Morgan fingerprint density at radius 3 is 2.61 bits per heavy atom. The Bertz CT molecular complexity index is 431. The molecule has 1 saturated heterocycles. The van der Waals surface area contributed by atoms with Crippen molar-refractivity contribution in [2.45, 2.75) is 29.8 Å². The minimum Gasteiger partial charge on any atom is -0.298 e. The molecule has 18 heavy (non-hydrogen) atoms. The van der Waals surface area contributed by atoms with E-state index in [1.165, 1.54) is 11.3 Å². The third-order valence-corrected chi connectivity index (χ3v) is 6.96. The van der Waals surface area contributed by atoms with Crippen LogP contribution < -0.4 is 0 Å². The third-order valence-electron chi connectivity index (χ3n) is 3.85. The van der Waals surface area contributed by atoms with Crippen molar-refractivity contribution in [3.63, 3.8) is 0 Å². The van der Waals surface area contributed by atoms with Crippen LogP contribution in [-0.2, 0) is 4.79 Å². The van der Waals surface area contributed by atoms with E-state index in [4.69, 9.17) is 0 Å². The lowest BCUT2D eigenvalue weighted by atomic mass is 10.1. The summed E-state index contributed by atoms with van der Waals surface area (Å²) in [7, 11) is 0. The average Bonchev–Trinajstić information content (AvgIpc) is 3.20. The Labute approximate surface area is 117 Å². The fraction of sp³-hybridized carbons (Fsp3) is 0.533. The summed E-state index contributed by atoms with van der Waals surface area (Å²) in [6.07, 6.45) is 1.07. The molecule has 1 nitrogen and oxygen atoms in total. The number of thioether (sulfide) groups is 2. The zero-order valence-corrected chi connectivity index (χ0v) is 12.2. The predicted molar refractivity (Wildman–Crippen MR) is 80.5 cm³/mol. The molecule has 1 aromatic carbocycles. The van der Waals surface area contributed by atoms with E-state index in [9.17, 15) is 4.79 Å². The highest BCUT2D eigenvalue weighted by Crippen LogP contribution is 2.50. The number of ketones is 1. The standard InChI is InChI=1S/C15H18OS2/c1-10-15(18-8-7-17-10)14(16)13-9-12(13)11-5-3-2-4-6-11/h2-6,10,12-13,15H,7-9H2,1H3. The molecule has 0 bridgehead atoms. The normalized spacial score (nSPS) is 35.2. The second-order valence-electron chi connectivity index (χ2n) is 5.13. The van der Waals surface area contributed by atoms with Crippen molar-refractivity contribution in [1.82, 2.24) is 0 Å². The first-order valence-corrected chi connectivity index (χ1v) is 8.69. The highest BCUT2D eigenvalue weighted by molar-refractivity contribution is 8.07. The van der Waals surface area contributed by atoms with Gasteiger partial charge in [-0.3, -0.25) is 4.79 Å². The molecular formula is C15H18OS2.